The van der Waals surface area contributed by atoms with Crippen molar-refractivity contribution in [2.75, 3.05) is 24.6 Å². The van der Waals surface area contributed by atoms with E-state index in [1.807, 2.05) is 25.1 Å². The standard InChI is InChI=1S/C32H39ClN2O5S/c1-21-6-3-4-14-31(2,37)26-11-8-24(26)18-35-19-32(15-5-7-22-16-25(33)10-12-27(22)32)20-40-29-13-9-23(17-28(29)35)30(36)34-41(21,38)39/h4,9-10,12-14,16-17,21,24,26,37H,3,5-8,11,15,18-20H2,1-2H3,(H,34,36)/b14-4+/t21-,24+,26-,31+,32+/m1/s1. The number of halogens is 1. The molecule has 2 bridgehead atoms. The molecule has 1 saturated carbocycles. The fourth-order valence-corrected chi connectivity index (χ4v) is 8.53. The number of fused-ring (bicyclic) bond motifs is 4. The molecule has 4 aliphatic rings. The molecule has 0 aromatic heterocycles. The molecule has 2 aromatic rings. The van der Waals surface area contributed by atoms with Crippen LogP contribution < -0.4 is 14.4 Å². The van der Waals surface area contributed by atoms with Gasteiger partial charge in [-0.25, -0.2) is 13.1 Å². The molecule has 0 radical (unpaired) electrons. The number of sulfonamides is 1. The van der Waals surface area contributed by atoms with Gasteiger partial charge in [0, 0.05) is 29.1 Å². The Morgan fingerprint density at radius 3 is 2.76 bits per heavy atom. The molecule has 0 unspecified atom stereocenters. The molecule has 2 aliphatic carbocycles. The minimum absolute atomic E-state index is 0.0836. The van der Waals surface area contributed by atoms with Gasteiger partial charge in [0.1, 0.15) is 5.75 Å². The first-order valence-electron chi connectivity index (χ1n) is 14.7. The summed E-state index contributed by atoms with van der Waals surface area (Å²) < 4.78 is 34.8. The fraction of sp³-hybridized carbons (Fsp3) is 0.531. The van der Waals surface area contributed by atoms with E-state index < -0.39 is 26.8 Å². The second kappa shape index (κ2) is 10.6. The number of amides is 1. The number of carbonyl (C=O) groups is 1. The summed E-state index contributed by atoms with van der Waals surface area (Å²) in [7, 11) is -3.88. The number of nitrogens with zero attached hydrogens (tertiary/aromatic N) is 1. The number of nitrogens with one attached hydrogen (secondary N) is 1. The molecule has 2 N–H and O–H groups in total. The molecule has 2 aliphatic heterocycles. The lowest BCUT2D eigenvalue weighted by Crippen LogP contribution is -2.51. The number of hydrogen-bond acceptors (Lipinski definition) is 6. The van der Waals surface area contributed by atoms with Crippen molar-refractivity contribution in [3.05, 3.63) is 70.3 Å². The number of rotatable bonds is 0. The SMILES string of the molecule is C[C@@H]1CC/C=C/[C@](C)(O)[C@@H]2CC[C@H]2CN2C[C@@]3(CCCc4cc(Cl)ccc43)COc3ccc(cc32)C(=O)NS1(=O)=O. The first-order valence-corrected chi connectivity index (χ1v) is 16.7. The van der Waals surface area contributed by atoms with Gasteiger partial charge in [-0.3, -0.25) is 4.79 Å². The molecule has 9 heteroatoms. The van der Waals surface area contributed by atoms with Crippen molar-refractivity contribution in [3.8, 4) is 5.75 Å². The Balaban J connectivity index is 1.44. The number of allylic oxidation sites excluding steroid dienone is 1. The Labute approximate surface area is 248 Å². The molecule has 2 heterocycles. The van der Waals surface area contributed by atoms with E-state index in [0.29, 0.717) is 38.3 Å². The van der Waals surface area contributed by atoms with Crippen LogP contribution in [-0.4, -0.2) is 50.0 Å². The van der Waals surface area contributed by atoms with Crippen LogP contribution >= 0.6 is 11.6 Å². The molecule has 2 aromatic carbocycles. The van der Waals surface area contributed by atoms with Gasteiger partial charge in [-0.1, -0.05) is 29.8 Å². The van der Waals surface area contributed by atoms with E-state index in [9.17, 15) is 18.3 Å². The van der Waals surface area contributed by atoms with Gasteiger partial charge in [0.05, 0.1) is 23.1 Å². The summed E-state index contributed by atoms with van der Waals surface area (Å²) in [6.07, 6.45) is 9.47. The highest BCUT2D eigenvalue weighted by atomic mass is 35.5. The Hall–Kier alpha value is -2.55. The molecule has 1 amide bonds. The van der Waals surface area contributed by atoms with Crippen molar-refractivity contribution >= 4 is 33.2 Å². The minimum atomic E-state index is -3.88. The Morgan fingerprint density at radius 1 is 1.15 bits per heavy atom. The first-order chi connectivity index (χ1) is 19.5. The van der Waals surface area contributed by atoms with Crippen molar-refractivity contribution in [1.82, 2.24) is 4.72 Å². The molecule has 220 valence electrons. The number of carbonyl (C=O) groups excluding carboxylic acids is 1. The third kappa shape index (κ3) is 5.39. The predicted octanol–water partition coefficient (Wildman–Crippen LogP) is 5.39. The summed E-state index contributed by atoms with van der Waals surface area (Å²) in [5, 5.41) is 11.5. The summed E-state index contributed by atoms with van der Waals surface area (Å²) in [5.41, 5.74) is 2.32. The normalized spacial score (nSPS) is 33.8. The van der Waals surface area contributed by atoms with Gasteiger partial charge in [0.15, 0.2) is 0 Å². The van der Waals surface area contributed by atoms with E-state index in [1.54, 1.807) is 25.1 Å². The predicted molar refractivity (Wildman–Crippen MR) is 161 cm³/mol. The summed E-state index contributed by atoms with van der Waals surface area (Å²) in [5.74, 6) is 0.388. The lowest BCUT2D eigenvalue weighted by atomic mass is 9.64. The van der Waals surface area contributed by atoms with Crippen LogP contribution in [0.25, 0.3) is 0 Å². The molecule has 1 spiro atoms. The highest BCUT2D eigenvalue weighted by molar-refractivity contribution is 7.90. The van der Waals surface area contributed by atoms with E-state index in [-0.39, 0.29) is 22.8 Å². The zero-order valence-corrected chi connectivity index (χ0v) is 25.3. The van der Waals surface area contributed by atoms with Crippen molar-refractivity contribution in [3.63, 3.8) is 0 Å². The molecular formula is C32H39ClN2O5S. The monoisotopic (exact) mass is 598 g/mol. The Kier molecular flexibility index (Phi) is 7.40. The van der Waals surface area contributed by atoms with Crippen LogP contribution in [0.15, 0.2) is 48.6 Å². The number of ether oxygens (including phenoxy) is 1. The van der Waals surface area contributed by atoms with Crippen LogP contribution in [0.3, 0.4) is 0 Å². The molecule has 41 heavy (non-hydrogen) atoms. The molecule has 5 atom stereocenters. The van der Waals surface area contributed by atoms with E-state index in [2.05, 4.69) is 21.8 Å². The zero-order valence-electron chi connectivity index (χ0n) is 23.7. The highest BCUT2D eigenvalue weighted by Crippen LogP contribution is 2.48. The molecule has 0 saturated heterocycles. The van der Waals surface area contributed by atoms with Crippen LogP contribution in [0.5, 0.6) is 5.75 Å². The molecular weight excluding hydrogens is 560 g/mol. The van der Waals surface area contributed by atoms with Gasteiger partial charge in [0.2, 0.25) is 10.0 Å². The van der Waals surface area contributed by atoms with Crippen LogP contribution in [-0.2, 0) is 21.9 Å². The van der Waals surface area contributed by atoms with Gasteiger partial charge >= 0.3 is 0 Å². The van der Waals surface area contributed by atoms with Gasteiger partial charge in [-0.2, -0.15) is 0 Å². The smallest absolute Gasteiger partial charge is 0.264 e. The number of aryl methyl sites for hydroxylation is 1. The average molecular weight is 599 g/mol. The number of hydrogen-bond donors (Lipinski definition) is 2. The number of benzene rings is 2. The van der Waals surface area contributed by atoms with Crippen LogP contribution in [0.1, 0.15) is 73.9 Å². The maximum atomic E-state index is 13.2. The summed E-state index contributed by atoms with van der Waals surface area (Å²) in [6, 6.07) is 11.4. The quantitative estimate of drug-likeness (QED) is 0.395. The first kappa shape index (κ1) is 28.6. The maximum absolute atomic E-state index is 13.2. The second-order valence-corrected chi connectivity index (χ2v) is 15.3. The van der Waals surface area contributed by atoms with Crippen molar-refractivity contribution in [2.45, 2.75) is 75.1 Å². The van der Waals surface area contributed by atoms with Crippen molar-refractivity contribution in [2.24, 2.45) is 11.8 Å². The lowest BCUT2D eigenvalue weighted by molar-refractivity contribution is -0.0314. The third-order valence-corrected chi connectivity index (χ3v) is 11.9. The summed E-state index contributed by atoms with van der Waals surface area (Å²) in [6.45, 7) is 5.36. The topological polar surface area (TPSA) is 95.9 Å². The highest BCUT2D eigenvalue weighted by Gasteiger charge is 2.46. The van der Waals surface area contributed by atoms with E-state index in [1.165, 1.54) is 11.1 Å². The van der Waals surface area contributed by atoms with Gasteiger partial charge in [-0.05, 0) is 112 Å². The van der Waals surface area contributed by atoms with Gasteiger partial charge in [-0.15, -0.1) is 0 Å². The van der Waals surface area contributed by atoms with Gasteiger partial charge < -0.3 is 14.7 Å². The lowest BCUT2D eigenvalue weighted by Gasteiger charge is -2.48. The Morgan fingerprint density at radius 2 is 1.98 bits per heavy atom. The maximum Gasteiger partial charge on any atom is 0.264 e. The van der Waals surface area contributed by atoms with Crippen LogP contribution in [0.4, 0.5) is 5.69 Å². The summed E-state index contributed by atoms with van der Waals surface area (Å²) in [4.78, 5) is 15.6. The molecule has 7 nitrogen and oxygen atoms in total. The van der Waals surface area contributed by atoms with E-state index >= 15 is 0 Å². The van der Waals surface area contributed by atoms with Crippen LogP contribution in [0, 0.1) is 11.8 Å². The van der Waals surface area contributed by atoms with Crippen molar-refractivity contribution < 1.29 is 23.1 Å². The van der Waals surface area contributed by atoms with Crippen molar-refractivity contribution in [1.29, 1.82) is 0 Å². The second-order valence-electron chi connectivity index (χ2n) is 12.7. The Bertz CT molecular complexity index is 1490. The van der Waals surface area contributed by atoms with Crippen LogP contribution in [0.2, 0.25) is 5.02 Å². The minimum Gasteiger partial charge on any atom is -0.490 e. The van der Waals surface area contributed by atoms with E-state index in [0.717, 1.165) is 42.8 Å². The summed E-state index contributed by atoms with van der Waals surface area (Å²) >= 11 is 6.38. The zero-order chi connectivity index (χ0) is 29.0. The molecule has 1 fully saturated rings. The van der Waals surface area contributed by atoms with E-state index in [4.69, 9.17) is 16.3 Å². The fourth-order valence-electron chi connectivity index (χ4n) is 7.32. The van der Waals surface area contributed by atoms with Gasteiger partial charge in [0.25, 0.3) is 5.91 Å². The largest absolute Gasteiger partial charge is 0.490 e. The number of aliphatic hydroxyl groups is 1. The number of anilines is 1. The average Bonchev–Trinajstić information content (AvgIpc) is 3.05. The third-order valence-electron chi connectivity index (χ3n) is 9.88. The molecule has 6 rings (SSSR count).